The van der Waals surface area contributed by atoms with E-state index in [0.717, 1.165) is 12.8 Å². The van der Waals surface area contributed by atoms with Crippen molar-refractivity contribution in [2.24, 2.45) is 5.73 Å². The molecule has 0 unspecified atom stereocenters. The van der Waals surface area contributed by atoms with Gasteiger partial charge in [0.2, 0.25) is 0 Å². The largest absolute Gasteiger partial charge is 0.321 e. The van der Waals surface area contributed by atoms with E-state index in [9.17, 15) is 0 Å². The lowest BCUT2D eigenvalue weighted by molar-refractivity contribution is 0.302. The summed E-state index contributed by atoms with van der Waals surface area (Å²) in [4.78, 5) is 0. The van der Waals surface area contributed by atoms with Crippen molar-refractivity contribution in [2.75, 3.05) is 0 Å². The molecule has 0 radical (unpaired) electrons. The molecule has 0 aliphatic heterocycles. The normalized spacial score (nSPS) is 20.7. The van der Waals surface area contributed by atoms with Crippen LogP contribution >= 0.6 is 22.6 Å². The summed E-state index contributed by atoms with van der Waals surface area (Å²) in [5, 5.41) is 0. The lowest BCUT2D eigenvalue weighted by Gasteiger charge is -2.34. The highest BCUT2D eigenvalue weighted by atomic mass is 127. The highest BCUT2D eigenvalue weighted by molar-refractivity contribution is 14.1. The van der Waals surface area contributed by atoms with Crippen LogP contribution in [0.4, 0.5) is 0 Å². The van der Waals surface area contributed by atoms with Gasteiger partial charge in [-0.2, -0.15) is 0 Å². The molecule has 0 atom stereocenters. The fourth-order valence-electron chi connectivity index (χ4n) is 2.25. The fourth-order valence-corrected chi connectivity index (χ4v) is 2.61. The molecule has 1 aromatic rings. The summed E-state index contributed by atoms with van der Waals surface area (Å²) < 4.78 is 1.28. The third kappa shape index (κ3) is 2.11. The monoisotopic (exact) mass is 301 g/mol. The summed E-state index contributed by atoms with van der Waals surface area (Å²) in [5.41, 5.74) is 7.71. The summed E-state index contributed by atoms with van der Waals surface area (Å²) in [7, 11) is 0. The topological polar surface area (TPSA) is 26.0 Å². The minimum atomic E-state index is -0.0391. The zero-order chi connectivity index (χ0) is 10.0. The molecule has 1 aromatic carbocycles. The SMILES string of the molecule is NC1(c2ccc(I)cc2)CCCCC1. The first-order valence-corrected chi connectivity index (χ1v) is 6.33. The van der Waals surface area contributed by atoms with Crippen LogP contribution in [0.1, 0.15) is 37.7 Å². The molecule has 2 heteroatoms. The summed E-state index contributed by atoms with van der Waals surface area (Å²) in [6.45, 7) is 0. The molecule has 2 N–H and O–H groups in total. The Bertz CT molecular complexity index is 299. The number of rotatable bonds is 1. The Balaban J connectivity index is 2.23. The van der Waals surface area contributed by atoms with Gasteiger partial charge in [0, 0.05) is 9.11 Å². The molecule has 1 aliphatic rings. The van der Waals surface area contributed by atoms with E-state index in [1.54, 1.807) is 0 Å². The molecule has 0 bridgehead atoms. The van der Waals surface area contributed by atoms with Crippen molar-refractivity contribution in [3.8, 4) is 0 Å². The van der Waals surface area contributed by atoms with Gasteiger partial charge in [-0.25, -0.2) is 0 Å². The highest BCUT2D eigenvalue weighted by Gasteiger charge is 2.28. The van der Waals surface area contributed by atoms with E-state index in [0.29, 0.717) is 0 Å². The van der Waals surface area contributed by atoms with E-state index in [1.807, 2.05) is 0 Å². The molecular weight excluding hydrogens is 285 g/mol. The Labute approximate surface area is 99.2 Å². The number of benzene rings is 1. The number of hydrogen-bond acceptors (Lipinski definition) is 1. The van der Waals surface area contributed by atoms with Crippen molar-refractivity contribution in [1.29, 1.82) is 0 Å². The maximum absolute atomic E-state index is 6.43. The molecular formula is C12H16IN. The van der Waals surface area contributed by atoms with Crippen LogP contribution in [0.25, 0.3) is 0 Å². The van der Waals surface area contributed by atoms with Crippen molar-refractivity contribution >= 4 is 22.6 Å². The summed E-state index contributed by atoms with van der Waals surface area (Å²) in [5.74, 6) is 0. The van der Waals surface area contributed by atoms with Crippen LogP contribution in [0.3, 0.4) is 0 Å². The van der Waals surface area contributed by atoms with Gasteiger partial charge in [-0.1, -0.05) is 31.4 Å². The van der Waals surface area contributed by atoms with Crippen molar-refractivity contribution in [3.05, 3.63) is 33.4 Å². The number of halogens is 1. The van der Waals surface area contributed by atoms with Gasteiger partial charge in [-0.05, 0) is 53.1 Å². The van der Waals surface area contributed by atoms with Gasteiger partial charge in [0.25, 0.3) is 0 Å². The quantitative estimate of drug-likeness (QED) is 0.790. The highest BCUT2D eigenvalue weighted by Crippen LogP contribution is 2.34. The predicted octanol–water partition coefficient (Wildman–Crippen LogP) is 3.41. The standard InChI is InChI=1S/C12H16IN/c13-11-6-4-10(5-7-11)12(14)8-2-1-3-9-12/h4-7H,1-3,8-9,14H2. The van der Waals surface area contributed by atoms with Crippen molar-refractivity contribution in [3.63, 3.8) is 0 Å². The molecule has 1 saturated carbocycles. The first kappa shape index (κ1) is 10.4. The van der Waals surface area contributed by atoms with Gasteiger partial charge >= 0.3 is 0 Å². The first-order valence-electron chi connectivity index (χ1n) is 5.26. The average molecular weight is 301 g/mol. The van der Waals surface area contributed by atoms with E-state index in [2.05, 4.69) is 46.9 Å². The molecule has 0 saturated heterocycles. The van der Waals surface area contributed by atoms with E-state index in [1.165, 1.54) is 28.4 Å². The van der Waals surface area contributed by atoms with Crippen molar-refractivity contribution < 1.29 is 0 Å². The van der Waals surface area contributed by atoms with Gasteiger partial charge in [0.15, 0.2) is 0 Å². The second-order valence-corrected chi connectivity index (χ2v) is 5.47. The average Bonchev–Trinajstić information content (AvgIpc) is 2.19. The second-order valence-electron chi connectivity index (χ2n) is 4.22. The lowest BCUT2D eigenvalue weighted by atomic mass is 9.77. The van der Waals surface area contributed by atoms with Crippen LogP contribution in [0.5, 0.6) is 0 Å². The number of hydrogen-bond donors (Lipinski definition) is 1. The van der Waals surface area contributed by atoms with Gasteiger partial charge in [-0.3, -0.25) is 0 Å². The van der Waals surface area contributed by atoms with Gasteiger partial charge < -0.3 is 5.73 Å². The molecule has 0 spiro atoms. The Morgan fingerprint density at radius 2 is 1.57 bits per heavy atom. The van der Waals surface area contributed by atoms with E-state index >= 15 is 0 Å². The van der Waals surface area contributed by atoms with Crippen molar-refractivity contribution in [2.45, 2.75) is 37.6 Å². The van der Waals surface area contributed by atoms with Crippen LogP contribution in [0, 0.1) is 3.57 Å². The van der Waals surface area contributed by atoms with E-state index in [4.69, 9.17) is 5.73 Å². The van der Waals surface area contributed by atoms with Crippen LogP contribution in [0.2, 0.25) is 0 Å². The Morgan fingerprint density at radius 1 is 1.00 bits per heavy atom. The first-order chi connectivity index (χ1) is 6.71. The van der Waals surface area contributed by atoms with Gasteiger partial charge in [0.1, 0.15) is 0 Å². The van der Waals surface area contributed by atoms with Crippen LogP contribution in [-0.2, 0) is 5.54 Å². The second kappa shape index (κ2) is 4.19. The van der Waals surface area contributed by atoms with Crippen LogP contribution in [0.15, 0.2) is 24.3 Å². The minimum absolute atomic E-state index is 0.0391. The summed E-state index contributed by atoms with van der Waals surface area (Å²) >= 11 is 2.33. The van der Waals surface area contributed by atoms with Gasteiger partial charge in [-0.15, -0.1) is 0 Å². The Morgan fingerprint density at radius 3 is 2.14 bits per heavy atom. The molecule has 14 heavy (non-hydrogen) atoms. The maximum Gasteiger partial charge on any atom is 0.0409 e. The third-order valence-corrected chi connectivity index (χ3v) is 3.88. The van der Waals surface area contributed by atoms with Gasteiger partial charge in [0.05, 0.1) is 0 Å². The Kier molecular flexibility index (Phi) is 3.12. The van der Waals surface area contributed by atoms with Crippen LogP contribution in [-0.4, -0.2) is 0 Å². The maximum atomic E-state index is 6.43. The minimum Gasteiger partial charge on any atom is -0.321 e. The van der Waals surface area contributed by atoms with E-state index in [-0.39, 0.29) is 5.54 Å². The molecule has 1 nitrogen and oxygen atoms in total. The fraction of sp³-hybridized carbons (Fsp3) is 0.500. The molecule has 2 rings (SSSR count). The Hall–Kier alpha value is -0.0900. The molecule has 1 aliphatic carbocycles. The van der Waals surface area contributed by atoms with Crippen LogP contribution < -0.4 is 5.73 Å². The zero-order valence-electron chi connectivity index (χ0n) is 8.30. The lowest BCUT2D eigenvalue weighted by Crippen LogP contribution is -2.38. The van der Waals surface area contributed by atoms with Crippen molar-refractivity contribution in [1.82, 2.24) is 0 Å². The molecule has 76 valence electrons. The summed E-state index contributed by atoms with van der Waals surface area (Å²) in [6.07, 6.45) is 6.20. The predicted molar refractivity (Wildman–Crippen MR) is 68.1 cm³/mol. The zero-order valence-corrected chi connectivity index (χ0v) is 10.5. The molecule has 0 heterocycles. The molecule has 0 aromatic heterocycles. The smallest absolute Gasteiger partial charge is 0.0409 e. The summed E-state index contributed by atoms with van der Waals surface area (Å²) in [6, 6.07) is 8.68. The van der Waals surface area contributed by atoms with E-state index < -0.39 is 0 Å². The molecule has 1 fully saturated rings. The molecule has 0 amide bonds. The number of nitrogens with two attached hydrogens (primary N) is 1. The third-order valence-electron chi connectivity index (χ3n) is 3.16.